The fourth-order valence-electron chi connectivity index (χ4n) is 5.46. The summed E-state index contributed by atoms with van der Waals surface area (Å²) in [6, 6.07) is 7.54. The maximum Gasteiger partial charge on any atom is 0.325 e. The van der Waals surface area contributed by atoms with Gasteiger partial charge in [0, 0.05) is 31.4 Å². The maximum absolute atomic E-state index is 13.3. The molecule has 0 aliphatic carbocycles. The Hall–Kier alpha value is -3.83. The summed E-state index contributed by atoms with van der Waals surface area (Å²) in [6.45, 7) is 11.7. The molecule has 3 N–H and O–H groups in total. The van der Waals surface area contributed by atoms with Crippen molar-refractivity contribution in [2.75, 3.05) is 26.2 Å². The summed E-state index contributed by atoms with van der Waals surface area (Å²) in [5.74, 6) is -1.66. The van der Waals surface area contributed by atoms with Crippen molar-refractivity contribution in [2.45, 2.75) is 84.5 Å². The summed E-state index contributed by atoms with van der Waals surface area (Å²) >= 11 is 0. The standard InChI is InChI=1S/C33H46N6O5/c1-6-38-17-8-7-10-24-12-13-25-14-15-26(35-28(25)20-24)23(5)44-33(43)27-11-9-18-39(37-27)32(42)22(4)34-31(41)30(21(2)3)36-29(40)16-19-38/h7,10,12-15,20-23,27,30,37H,6,8-9,11,16-19H2,1-5H3,(H,34,41)(H,36,40)/b10-7+/t22-,23+,27-,30-/m0/s1. The van der Waals surface area contributed by atoms with Gasteiger partial charge >= 0.3 is 5.97 Å². The lowest BCUT2D eigenvalue weighted by molar-refractivity contribution is -0.157. The number of fused-ring (bicyclic) bond motifs is 4. The van der Waals surface area contributed by atoms with Crippen LogP contribution in [0, 0.1) is 5.92 Å². The first-order valence-electron chi connectivity index (χ1n) is 15.7. The van der Waals surface area contributed by atoms with E-state index in [0.29, 0.717) is 31.6 Å². The smallest absolute Gasteiger partial charge is 0.325 e. The van der Waals surface area contributed by atoms with E-state index >= 15 is 0 Å². The maximum atomic E-state index is 13.3. The highest BCUT2D eigenvalue weighted by molar-refractivity contribution is 5.92. The Morgan fingerprint density at radius 2 is 1.80 bits per heavy atom. The van der Waals surface area contributed by atoms with Crippen molar-refractivity contribution in [3.05, 3.63) is 47.7 Å². The fraction of sp³-hybridized carbons (Fsp3) is 0.545. The molecule has 0 saturated carbocycles. The predicted octanol–water partition coefficient (Wildman–Crippen LogP) is 3.11. The fourth-order valence-corrected chi connectivity index (χ4v) is 5.46. The number of pyridine rings is 1. The van der Waals surface area contributed by atoms with Crippen LogP contribution in [-0.4, -0.2) is 82.9 Å². The molecule has 4 atom stereocenters. The minimum absolute atomic E-state index is 0.181. The average molecular weight is 607 g/mol. The number of hydrogen-bond acceptors (Lipinski definition) is 8. The van der Waals surface area contributed by atoms with E-state index < -0.39 is 36.1 Å². The van der Waals surface area contributed by atoms with Crippen molar-refractivity contribution < 1.29 is 23.9 Å². The van der Waals surface area contributed by atoms with Crippen LogP contribution in [0.25, 0.3) is 17.0 Å². The van der Waals surface area contributed by atoms with Gasteiger partial charge < -0.3 is 20.3 Å². The van der Waals surface area contributed by atoms with Gasteiger partial charge in [0.25, 0.3) is 5.91 Å². The van der Waals surface area contributed by atoms with Crippen molar-refractivity contribution in [1.82, 2.24) is 31.0 Å². The first kappa shape index (κ1) is 33.1. The molecule has 4 rings (SSSR count). The zero-order valence-electron chi connectivity index (χ0n) is 26.5. The summed E-state index contributed by atoms with van der Waals surface area (Å²) in [6.07, 6.45) is 5.76. The predicted molar refractivity (Wildman–Crippen MR) is 169 cm³/mol. The molecule has 2 aliphatic rings. The zero-order valence-corrected chi connectivity index (χ0v) is 26.5. The molecule has 5 bridgehead atoms. The van der Waals surface area contributed by atoms with E-state index in [1.54, 1.807) is 13.8 Å². The number of hydrogen-bond donors (Lipinski definition) is 3. The number of amides is 3. The van der Waals surface area contributed by atoms with Crippen LogP contribution in [0.5, 0.6) is 0 Å². The molecule has 11 nitrogen and oxygen atoms in total. The lowest BCUT2D eigenvalue weighted by atomic mass is 10.0. The largest absolute Gasteiger partial charge is 0.455 e. The Bertz CT molecular complexity index is 1380. The molecular weight excluding hydrogens is 560 g/mol. The van der Waals surface area contributed by atoms with Gasteiger partial charge in [-0.2, -0.15) is 0 Å². The number of carbonyl (C=O) groups excluding carboxylic acids is 4. The molecule has 2 aromatic rings. The van der Waals surface area contributed by atoms with E-state index in [1.807, 2.05) is 44.2 Å². The van der Waals surface area contributed by atoms with Gasteiger partial charge in [0.1, 0.15) is 24.2 Å². The highest BCUT2D eigenvalue weighted by Gasteiger charge is 2.34. The summed E-state index contributed by atoms with van der Waals surface area (Å²) in [4.78, 5) is 59.4. The number of cyclic esters (lactones) is 1. The molecule has 1 fully saturated rings. The number of carbonyl (C=O) groups is 4. The molecule has 1 aromatic carbocycles. The third-order valence-corrected chi connectivity index (χ3v) is 8.20. The van der Waals surface area contributed by atoms with Gasteiger partial charge in [-0.05, 0) is 63.3 Å². The summed E-state index contributed by atoms with van der Waals surface area (Å²) in [7, 11) is 0. The van der Waals surface area contributed by atoms with E-state index in [9.17, 15) is 19.2 Å². The summed E-state index contributed by atoms with van der Waals surface area (Å²) in [5.41, 5.74) is 5.46. The molecule has 3 heterocycles. The topological polar surface area (TPSA) is 133 Å². The third kappa shape index (κ3) is 8.63. The van der Waals surface area contributed by atoms with Crippen LogP contribution in [0.15, 0.2) is 36.4 Å². The number of hydrazine groups is 1. The van der Waals surface area contributed by atoms with Gasteiger partial charge in [-0.25, -0.2) is 10.4 Å². The molecule has 0 radical (unpaired) electrons. The van der Waals surface area contributed by atoms with Crippen molar-refractivity contribution in [1.29, 1.82) is 0 Å². The van der Waals surface area contributed by atoms with Crippen molar-refractivity contribution in [2.24, 2.45) is 5.92 Å². The third-order valence-electron chi connectivity index (χ3n) is 8.20. The van der Waals surface area contributed by atoms with Crippen LogP contribution in [0.2, 0.25) is 0 Å². The van der Waals surface area contributed by atoms with Crippen molar-refractivity contribution in [3.8, 4) is 0 Å². The molecular formula is C33H46N6O5. The quantitative estimate of drug-likeness (QED) is 0.445. The SMILES string of the molecule is CCN1CC/C=C/c2ccc3ccc(nc3c2)[C@@H](C)OC(=O)[C@@H]2CCCN(N2)C(=O)[C@H](C)NC(=O)[C@H](C(C)C)NC(=O)CC1. The number of aromatic nitrogens is 1. The first-order valence-corrected chi connectivity index (χ1v) is 15.7. The van der Waals surface area contributed by atoms with E-state index in [4.69, 9.17) is 9.72 Å². The monoisotopic (exact) mass is 606 g/mol. The Morgan fingerprint density at radius 3 is 2.55 bits per heavy atom. The van der Waals surface area contributed by atoms with Crippen LogP contribution in [0.3, 0.4) is 0 Å². The lowest BCUT2D eigenvalue weighted by Crippen LogP contribution is -2.61. The molecule has 0 unspecified atom stereocenters. The number of esters is 1. The molecule has 3 amide bonds. The van der Waals surface area contributed by atoms with Crippen LogP contribution < -0.4 is 16.1 Å². The van der Waals surface area contributed by atoms with Gasteiger partial charge in [0.2, 0.25) is 11.8 Å². The second kappa shape index (κ2) is 15.3. The molecule has 238 valence electrons. The van der Waals surface area contributed by atoms with Gasteiger partial charge in [-0.3, -0.25) is 24.2 Å². The number of rotatable bonds is 2. The number of ether oxygens (including phenoxy) is 1. The number of nitrogens with zero attached hydrogens (tertiary/aromatic N) is 3. The Morgan fingerprint density at radius 1 is 1.02 bits per heavy atom. The Balaban J connectivity index is 1.57. The summed E-state index contributed by atoms with van der Waals surface area (Å²) < 4.78 is 5.79. The second-order valence-electron chi connectivity index (χ2n) is 12.0. The second-order valence-corrected chi connectivity index (χ2v) is 12.0. The van der Waals surface area contributed by atoms with E-state index in [0.717, 1.165) is 36.0 Å². The Kier molecular flexibility index (Phi) is 11.5. The van der Waals surface area contributed by atoms with E-state index in [2.05, 4.69) is 40.0 Å². The molecule has 44 heavy (non-hydrogen) atoms. The van der Waals surface area contributed by atoms with Crippen LogP contribution >= 0.6 is 0 Å². The van der Waals surface area contributed by atoms with Gasteiger partial charge in [-0.1, -0.05) is 51.1 Å². The van der Waals surface area contributed by atoms with Gasteiger partial charge in [-0.15, -0.1) is 0 Å². The van der Waals surface area contributed by atoms with E-state index in [1.165, 1.54) is 5.01 Å². The van der Waals surface area contributed by atoms with E-state index in [-0.39, 0.29) is 24.2 Å². The molecule has 0 spiro atoms. The highest BCUT2D eigenvalue weighted by Crippen LogP contribution is 2.22. The minimum atomic E-state index is -0.869. The highest BCUT2D eigenvalue weighted by atomic mass is 16.5. The van der Waals surface area contributed by atoms with Crippen LogP contribution in [0.1, 0.15) is 77.7 Å². The normalized spacial score (nSPS) is 26.2. The van der Waals surface area contributed by atoms with Crippen molar-refractivity contribution >= 4 is 40.7 Å². The number of nitrogens with one attached hydrogen (secondary N) is 3. The molecule has 2 aliphatic heterocycles. The van der Waals surface area contributed by atoms with Gasteiger partial charge in [0.15, 0.2) is 0 Å². The lowest BCUT2D eigenvalue weighted by Gasteiger charge is -2.35. The average Bonchev–Trinajstić information content (AvgIpc) is 3.01. The minimum Gasteiger partial charge on any atom is -0.455 e. The molecule has 11 heteroatoms. The van der Waals surface area contributed by atoms with Gasteiger partial charge in [0.05, 0.1) is 11.2 Å². The van der Waals surface area contributed by atoms with Crippen LogP contribution in [-0.2, 0) is 23.9 Å². The Labute approximate surface area is 259 Å². The first-order chi connectivity index (χ1) is 21.0. The van der Waals surface area contributed by atoms with Crippen molar-refractivity contribution in [3.63, 3.8) is 0 Å². The number of benzene rings is 1. The summed E-state index contributed by atoms with van der Waals surface area (Å²) in [5, 5.41) is 7.98. The van der Waals surface area contributed by atoms with Crippen LogP contribution in [0.4, 0.5) is 0 Å². The molecule has 1 saturated heterocycles. The molecule has 1 aromatic heterocycles. The zero-order chi connectivity index (χ0) is 31.8.